The average Bonchev–Trinajstić information content (AvgIpc) is 2.72. The zero-order valence-corrected chi connectivity index (χ0v) is 7.92. The highest BCUT2D eigenvalue weighted by atomic mass is 16.3. The molecular formula is C10H15NO2. The van der Waals surface area contributed by atoms with Gasteiger partial charge in [-0.1, -0.05) is 19.8 Å². The quantitative estimate of drug-likeness (QED) is 0.759. The van der Waals surface area contributed by atoms with Crippen LogP contribution in [0.2, 0.25) is 0 Å². The van der Waals surface area contributed by atoms with Gasteiger partial charge in [0.05, 0.1) is 6.61 Å². The number of oxazole rings is 1. The Morgan fingerprint density at radius 2 is 2.23 bits per heavy atom. The van der Waals surface area contributed by atoms with Crippen molar-refractivity contribution in [3.8, 4) is 0 Å². The van der Waals surface area contributed by atoms with E-state index < -0.39 is 0 Å². The maximum Gasteiger partial charge on any atom is 0.181 e. The third kappa shape index (κ3) is 1.37. The second kappa shape index (κ2) is 3.14. The first-order chi connectivity index (χ1) is 6.26. The molecule has 0 aromatic carbocycles. The summed E-state index contributed by atoms with van der Waals surface area (Å²) in [5.41, 5.74) is 0.832. The summed E-state index contributed by atoms with van der Waals surface area (Å²) in [4.78, 5) is 4.01. The maximum atomic E-state index is 9.06. The minimum Gasteiger partial charge on any atom is -0.448 e. The Morgan fingerprint density at radius 3 is 2.85 bits per heavy atom. The molecule has 1 N–H and O–H groups in total. The molecule has 13 heavy (non-hydrogen) atoms. The van der Waals surface area contributed by atoms with Crippen molar-refractivity contribution in [1.82, 2.24) is 4.98 Å². The zero-order valence-electron chi connectivity index (χ0n) is 7.92. The van der Waals surface area contributed by atoms with Gasteiger partial charge in [0.25, 0.3) is 0 Å². The number of aromatic nitrogens is 1. The predicted molar refractivity (Wildman–Crippen MR) is 48.2 cm³/mol. The van der Waals surface area contributed by atoms with E-state index in [9.17, 15) is 0 Å². The fourth-order valence-corrected chi connectivity index (χ4v) is 2.25. The standard InChI is InChI=1S/C10H15NO2/c1-10(4-2-3-5-10)9-8(6-12)11-7-13-9/h7,12H,2-6H2,1H3. The van der Waals surface area contributed by atoms with Gasteiger partial charge in [0.1, 0.15) is 11.5 Å². The average molecular weight is 181 g/mol. The largest absolute Gasteiger partial charge is 0.448 e. The highest BCUT2D eigenvalue weighted by Gasteiger charge is 2.35. The molecule has 1 aliphatic carbocycles. The summed E-state index contributed by atoms with van der Waals surface area (Å²) in [5, 5.41) is 9.06. The number of aliphatic hydroxyl groups excluding tert-OH is 1. The first kappa shape index (κ1) is 8.75. The van der Waals surface area contributed by atoms with Crippen LogP contribution in [0.5, 0.6) is 0 Å². The number of hydrogen-bond donors (Lipinski definition) is 1. The van der Waals surface area contributed by atoms with Crippen LogP contribution >= 0.6 is 0 Å². The van der Waals surface area contributed by atoms with Crippen molar-refractivity contribution in [2.45, 2.75) is 44.6 Å². The molecule has 3 nitrogen and oxygen atoms in total. The van der Waals surface area contributed by atoms with Crippen LogP contribution in [0.25, 0.3) is 0 Å². The van der Waals surface area contributed by atoms with Gasteiger partial charge in [-0.15, -0.1) is 0 Å². The number of rotatable bonds is 2. The second-order valence-electron chi connectivity index (χ2n) is 4.05. The van der Waals surface area contributed by atoms with Crippen molar-refractivity contribution in [3.05, 3.63) is 17.8 Å². The van der Waals surface area contributed by atoms with Crippen molar-refractivity contribution in [3.63, 3.8) is 0 Å². The summed E-state index contributed by atoms with van der Waals surface area (Å²) < 4.78 is 5.37. The normalized spacial score (nSPS) is 20.8. The summed E-state index contributed by atoms with van der Waals surface area (Å²) in [5.74, 6) is 0.896. The Bertz CT molecular complexity index is 287. The van der Waals surface area contributed by atoms with Crippen LogP contribution in [-0.4, -0.2) is 10.1 Å². The molecule has 1 saturated carbocycles. The van der Waals surface area contributed by atoms with Crippen molar-refractivity contribution in [2.75, 3.05) is 0 Å². The lowest BCUT2D eigenvalue weighted by Gasteiger charge is -2.20. The van der Waals surface area contributed by atoms with E-state index in [0.29, 0.717) is 5.69 Å². The highest BCUT2D eigenvalue weighted by molar-refractivity contribution is 5.19. The van der Waals surface area contributed by atoms with Gasteiger partial charge in [-0.2, -0.15) is 0 Å². The smallest absolute Gasteiger partial charge is 0.181 e. The van der Waals surface area contributed by atoms with Crippen LogP contribution < -0.4 is 0 Å². The molecule has 1 aromatic rings. The minimum atomic E-state index is -0.0125. The lowest BCUT2D eigenvalue weighted by atomic mass is 9.85. The van der Waals surface area contributed by atoms with Crippen LogP contribution in [0.3, 0.4) is 0 Å². The number of nitrogens with zero attached hydrogens (tertiary/aromatic N) is 1. The van der Waals surface area contributed by atoms with E-state index in [-0.39, 0.29) is 12.0 Å². The molecule has 0 atom stereocenters. The minimum absolute atomic E-state index is 0.0125. The van der Waals surface area contributed by atoms with Crippen molar-refractivity contribution < 1.29 is 9.52 Å². The molecule has 0 aliphatic heterocycles. The zero-order chi connectivity index (χ0) is 9.31. The monoisotopic (exact) mass is 181 g/mol. The molecule has 2 rings (SSSR count). The summed E-state index contributed by atoms with van der Waals surface area (Å²) in [6.07, 6.45) is 6.24. The van der Waals surface area contributed by atoms with E-state index in [1.807, 2.05) is 0 Å². The van der Waals surface area contributed by atoms with Gasteiger partial charge in [-0.25, -0.2) is 4.98 Å². The van der Waals surface area contributed by atoms with Gasteiger partial charge >= 0.3 is 0 Å². The van der Waals surface area contributed by atoms with Gasteiger partial charge in [0, 0.05) is 5.41 Å². The maximum absolute atomic E-state index is 9.06. The van der Waals surface area contributed by atoms with Gasteiger partial charge in [-0.05, 0) is 12.8 Å². The highest BCUT2D eigenvalue weighted by Crippen LogP contribution is 2.41. The van der Waals surface area contributed by atoms with Crippen molar-refractivity contribution in [2.24, 2.45) is 0 Å². The summed E-state index contributed by atoms with van der Waals surface area (Å²) in [6.45, 7) is 2.18. The molecule has 0 bridgehead atoms. The molecule has 0 amide bonds. The summed E-state index contributed by atoms with van der Waals surface area (Å²) in [6, 6.07) is 0. The molecular weight excluding hydrogens is 166 g/mol. The summed E-state index contributed by atoms with van der Waals surface area (Å²) in [7, 11) is 0. The van der Waals surface area contributed by atoms with Gasteiger partial charge in [0.2, 0.25) is 0 Å². The first-order valence-corrected chi connectivity index (χ1v) is 4.80. The Labute approximate surface area is 77.8 Å². The van der Waals surface area contributed by atoms with Crippen LogP contribution in [0.15, 0.2) is 10.8 Å². The Hall–Kier alpha value is -0.830. The third-order valence-corrected chi connectivity index (χ3v) is 3.05. The van der Waals surface area contributed by atoms with Crippen LogP contribution in [-0.2, 0) is 12.0 Å². The second-order valence-corrected chi connectivity index (χ2v) is 4.05. The topological polar surface area (TPSA) is 46.3 Å². The first-order valence-electron chi connectivity index (χ1n) is 4.80. The number of hydrogen-bond acceptors (Lipinski definition) is 3. The SMILES string of the molecule is CC1(c2ocnc2CO)CCCC1. The van der Waals surface area contributed by atoms with E-state index >= 15 is 0 Å². The molecule has 1 heterocycles. The lowest BCUT2D eigenvalue weighted by Crippen LogP contribution is -2.17. The van der Waals surface area contributed by atoms with Gasteiger partial charge < -0.3 is 9.52 Å². The molecule has 1 aromatic heterocycles. The molecule has 1 fully saturated rings. The van der Waals surface area contributed by atoms with Gasteiger partial charge in [0.15, 0.2) is 6.39 Å². The molecule has 0 spiro atoms. The summed E-state index contributed by atoms with van der Waals surface area (Å²) >= 11 is 0. The Balaban J connectivity index is 2.32. The Morgan fingerprint density at radius 1 is 1.54 bits per heavy atom. The number of aliphatic hydroxyl groups is 1. The molecule has 0 unspecified atom stereocenters. The predicted octanol–water partition coefficient (Wildman–Crippen LogP) is 2.00. The van der Waals surface area contributed by atoms with E-state index in [1.54, 1.807) is 0 Å². The van der Waals surface area contributed by atoms with E-state index in [2.05, 4.69) is 11.9 Å². The molecule has 0 radical (unpaired) electrons. The Kier molecular flexibility index (Phi) is 2.12. The van der Waals surface area contributed by atoms with Crippen LogP contribution in [0.1, 0.15) is 44.1 Å². The van der Waals surface area contributed by atoms with E-state index in [4.69, 9.17) is 9.52 Å². The molecule has 72 valence electrons. The van der Waals surface area contributed by atoms with E-state index in [1.165, 1.54) is 19.2 Å². The lowest BCUT2D eigenvalue weighted by molar-refractivity contribution is 0.266. The molecule has 0 saturated heterocycles. The fraction of sp³-hybridized carbons (Fsp3) is 0.700. The van der Waals surface area contributed by atoms with Crippen LogP contribution in [0.4, 0.5) is 0 Å². The molecule has 3 heteroatoms. The van der Waals surface area contributed by atoms with Crippen molar-refractivity contribution in [1.29, 1.82) is 0 Å². The fourth-order valence-electron chi connectivity index (χ4n) is 2.25. The third-order valence-electron chi connectivity index (χ3n) is 3.05. The van der Waals surface area contributed by atoms with E-state index in [0.717, 1.165) is 18.6 Å². The van der Waals surface area contributed by atoms with Crippen molar-refractivity contribution >= 4 is 0 Å². The van der Waals surface area contributed by atoms with Gasteiger partial charge in [-0.3, -0.25) is 0 Å². The van der Waals surface area contributed by atoms with Crippen LogP contribution in [0, 0.1) is 0 Å². The molecule has 1 aliphatic rings.